The number of hydrogen-bond donors (Lipinski definition) is 5. The molecule has 0 aliphatic heterocycles. The zero-order valence-electron chi connectivity index (χ0n) is 8.12. The van der Waals surface area contributed by atoms with Crippen molar-refractivity contribution in [2.24, 2.45) is 0 Å². The molecule has 0 amide bonds. The number of hydrogen-bond acceptors (Lipinski definition) is 5. The summed E-state index contributed by atoms with van der Waals surface area (Å²) in [6.45, 7) is 3.06. The van der Waals surface area contributed by atoms with E-state index < -0.39 is 13.8 Å². The lowest BCUT2D eigenvalue weighted by molar-refractivity contribution is -0.229. The Hall–Kier alpha value is -0.920. The average Bonchev–Trinajstić information content (AvgIpc) is 2.11. The van der Waals surface area contributed by atoms with Crippen molar-refractivity contribution in [1.82, 2.24) is 0 Å². The molecule has 0 aromatic heterocycles. The fourth-order valence-electron chi connectivity index (χ4n) is 0.451. The third-order valence-electron chi connectivity index (χ3n) is 1.16. The van der Waals surface area contributed by atoms with Gasteiger partial charge in [-0.05, 0) is 6.92 Å². The molecule has 0 spiro atoms. The van der Waals surface area contributed by atoms with Gasteiger partial charge in [-0.15, -0.1) is 0 Å². The normalized spacial score (nSPS) is 12.1. The van der Waals surface area contributed by atoms with Crippen LogP contribution in [0.2, 0.25) is 0 Å². The van der Waals surface area contributed by atoms with Crippen molar-refractivity contribution in [3.63, 3.8) is 0 Å². The first kappa shape index (κ1) is 16.5. The molecule has 15 heavy (non-hydrogen) atoms. The van der Waals surface area contributed by atoms with E-state index in [2.05, 4.69) is 4.89 Å². The number of allylic oxidation sites excluding steroid dienone is 1. The first-order valence-electron chi connectivity index (χ1n) is 3.66. The van der Waals surface area contributed by atoms with Gasteiger partial charge in [-0.1, -0.05) is 6.92 Å². The summed E-state index contributed by atoms with van der Waals surface area (Å²) in [7, 11) is -4.64. The van der Waals surface area contributed by atoms with Crippen molar-refractivity contribution in [3.8, 4) is 0 Å². The van der Waals surface area contributed by atoms with Crippen LogP contribution in [0, 0.1) is 0 Å². The van der Waals surface area contributed by atoms with Gasteiger partial charge < -0.3 is 19.8 Å². The predicted molar refractivity (Wildman–Crippen MR) is 48.6 cm³/mol. The van der Waals surface area contributed by atoms with Crippen LogP contribution in [0.1, 0.15) is 20.3 Å². The van der Waals surface area contributed by atoms with E-state index in [0.29, 0.717) is 6.42 Å². The van der Waals surface area contributed by atoms with Gasteiger partial charge in [0.2, 0.25) is 0 Å². The maximum Gasteiger partial charge on any atom is 0.466 e. The van der Waals surface area contributed by atoms with Crippen LogP contribution in [-0.4, -0.2) is 31.0 Å². The zero-order valence-corrected chi connectivity index (χ0v) is 9.01. The van der Waals surface area contributed by atoms with E-state index in [9.17, 15) is 4.79 Å². The standard InChI is InChI=1S/C6H10O4.H3O4P/c1-3-5(7)4(2)6(8)10-9;1-5(2,3)4/h7,9H,3H2,1-2H3;(H3,1,2,3,4). The highest BCUT2D eigenvalue weighted by molar-refractivity contribution is 7.45. The molecule has 0 rings (SSSR count). The Kier molecular flexibility index (Phi) is 8.12. The van der Waals surface area contributed by atoms with E-state index in [4.69, 9.17) is 29.6 Å². The molecule has 0 atom stereocenters. The minimum atomic E-state index is -4.64. The molecule has 0 radical (unpaired) electrons. The van der Waals surface area contributed by atoms with Crippen LogP contribution in [0.25, 0.3) is 0 Å². The number of aliphatic hydroxyl groups is 1. The Morgan fingerprint density at radius 1 is 1.33 bits per heavy atom. The number of phosphoric acid groups is 1. The molecule has 0 bridgehead atoms. The molecule has 0 aliphatic carbocycles. The topological polar surface area (TPSA) is 145 Å². The maximum atomic E-state index is 10.4. The fraction of sp³-hybridized carbons (Fsp3) is 0.500. The molecule has 0 aromatic rings. The average molecular weight is 244 g/mol. The molecule has 0 aliphatic rings. The Morgan fingerprint density at radius 3 is 1.87 bits per heavy atom. The second-order valence-corrected chi connectivity index (χ2v) is 3.34. The van der Waals surface area contributed by atoms with Gasteiger partial charge in [0.1, 0.15) is 5.76 Å². The third kappa shape index (κ3) is 13.1. The maximum absolute atomic E-state index is 10.4. The molecule has 0 aromatic carbocycles. The van der Waals surface area contributed by atoms with E-state index in [-0.39, 0.29) is 11.3 Å². The number of aliphatic hydroxyl groups excluding tert-OH is 1. The van der Waals surface area contributed by atoms with E-state index >= 15 is 0 Å². The van der Waals surface area contributed by atoms with Crippen molar-refractivity contribution >= 4 is 13.8 Å². The summed E-state index contributed by atoms with van der Waals surface area (Å²) in [6.07, 6.45) is 0.348. The van der Waals surface area contributed by atoms with Crippen LogP contribution in [0.5, 0.6) is 0 Å². The highest BCUT2D eigenvalue weighted by Gasteiger charge is 2.09. The van der Waals surface area contributed by atoms with Crippen molar-refractivity contribution < 1.29 is 39.3 Å². The van der Waals surface area contributed by atoms with Gasteiger partial charge in [-0.3, -0.25) is 4.89 Å². The summed E-state index contributed by atoms with van der Waals surface area (Å²) in [4.78, 5) is 35.4. The molecule has 0 unspecified atom stereocenters. The summed E-state index contributed by atoms with van der Waals surface area (Å²) in [5, 5.41) is 16.8. The van der Waals surface area contributed by atoms with Gasteiger partial charge in [0.15, 0.2) is 0 Å². The Morgan fingerprint density at radius 2 is 1.67 bits per heavy atom. The Labute approximate surface area is 85.6 Å². The largest absolute Gasteiger partial charge is 0.512 e. The van der Waals surface area contributed by atoms with E-state index in [1.807, 2.05) is 0 Å². The Balaban J connectivity index is 0. The molecule has 90 valence electrons. The minimum Gasteiger partial charge on any atom is -0.512 e. The van der Waals surface area contributed by atoms with E-state index in [1.54, 1.807) is 6.92 Å². The molecule has 5 N–H and O–H groups in total. The summed E-state index contributed by atoms with van der Waals surface area (Å²) >= 11 is 0. The number of rotatable bonds is 2. The monoisotopic (exact) mass is 244 g/mol. The second-order valence-electron chi connectivity index (χ2n) is 2.32. The number of carbonyl (C=O) groups is 1. The van der Waals surface area contributed by atoms with Crippen LogP contribution in [-0.2, 0) is 14.2 Å². The van der Waals surface area contributed by atoms with Crippen molar-refractivity contribution in [3.05, 3.63) is 11.3 Å². The molecule has 9 heteroatoms. The highest BCUT2D eigenvalue weighted by atomic mass is 31.2. The van der Waals surface area contributed by atoms with Gasteiger partial charge in [0.05, 0.1) is 5.57 Å². The highest BCUT2D eigenvalue weighted by Crippen LogP contribution is 2.25. The zero-order chi connectivity index (χ0) is 12.6. The lowest BCUT2D eigenvalue weighted by Crippen LogP contribution is -2.04. The first-order chi connectivity index (χ1) is 6.63. The first-order valence-corrected chi connectivity index (χ1v) is 5.22. The van der Waals surface area contributed by atoms with Crippen LogP contribution < -0.4 is 0 Å². The second kappa shape index (κ2) is 7.38. The molecular formula is C6H13O8P. The summed E-state index contributed by atoms with van der Waals surface area (Å²) in [5.41, 5.74) is 0.0324. The van der Waals surface area contributed by atoms with E-state index in [0.717, 1.165) is 0 Å². The smallest absolute Gasteiger partial charge is 0.466 e. The lowest BCUT2D eigenvalue weighted by Gasteiger charge is -1.98. The summed E-state index contributed by atoms with van der Waals surface area (Å²) in [5.74, 6) is -0.988. The molecule has 0 saturated carbocycles. The SMILES string of the molecule is CCC(O)=C(C)C(=O)OO.O=P(O)(O)O. The van der Waals surface area contributed by atoms with Gasteiger partial charge >= 0.3 is 13.8 Å². The van der Waals surface area contributed by atoms with Crippen molar-refractivity contribution in [1.29, 1.82) is 0 Å². The molecule has 0 saturated heterocycles. The molecule has 8 nitrogen and oxygen atoms in total. The van der Waals surface area contributed by atoms with Crippen molar-refractivity contribution in [2.75, 3.05) is 0 Å². The van der Waals surface area contributed by atoms with E-state index in [1.165, 1.54) is 6.92 Å². The van der Waals surface area contributed by atoms with Gasteiger partial charge in [-0.2, -0.15) is 5.26 Å². The predicted octanol–water partition coefficient (Wildman–Crippen LogP) is 0.316. The van der Waals surface area contributed by atoms with Crippen LogP contribution in [0.3, 0.4) is 0 Å². The van der Waals surface area contributed by atoms with Crippen LogP contribution in [0.4, 0.5) is 0 Å². The summed E-state index contributed by atoms with van der Waals surface area (Å²) < 4.78 is 8.88. The van der Waals surface area contributed by atoms with Gasteiger partial charge in [0, 0.05) is 6.42 Å². The Bertz CT molecular complexity index is 269. The van der Waals surface area contributed by atoms with Crippen LogP contribution in [0.15, 0.2) is 11.3 Å². The third-order valence-corrected chi connectivity index (χ3v) is 1.16. The molecule has 0 heterocycles. The van der Waals surface area contributed by atoms with Gasteiger partial charge in [0.25, 0.3) is 0 Å². The molecule has 0 fully saturated rings. The quantitative estimate of drug-likeness (QED) is 0.153. The summed E-state index contributed by atoms with van der Waals surface area (Å²) in [6, 6.07) is 0. The minimum absolute atomic E-state index is 0.0324. The fourth-order valence-corrected chi connectivity index (χ4v) is 0.451. The van der Waals surface area contributed by atoms with Gasteiger partial charge in [-0.25, -0.2) is 9.36 Å². The lowest BCUT2D eigenvalue weighted by atomic mass is 10.2. The van der Waals surface area contributed by atoms with Crippen molar-refractivity contribution in [2.45, 2.75) is 20.3 Å². The molecular weight excluding hydrogens is 231 g/mol. The van der Waals surface area contributed by atoms with Crippen LogP contribution >= 0.6 is 7.82 Å². The number of carbonyl (C=O) groups excluding carboxylic acids is 1.